The van der Waals surface area contributed by atoms with Gasteiger partial charge in [0, 0.05) is 24.6 Å². The predicted molar refractivity (Wildman–Crippen MR) is 73.1 cm³/mol. The number of aliphatic hydroxyl groups excluding tert-OH is 1. The predicted octanol–water partition coefficient (Wildman–Crippen LogP) is 1.89. The van der Waals surface area contributed by atoms with E-state index in [1.54, 1.807) is 0 Å². The van der Waals surface area contributed by atoms with E-state index in [1.165, 1.54) is 12.8 Å². The first-order valence-electron chi connectivity index (χ1n) is 6.73. The molecule has 1 fully saturated rings. The van der Waals surface area contributed by atoms with Gasteiger partial charge in [-0.1, -0.05) is 6.92 Å². The first-order chi connectivity index (χ1) is 8.76. The zero-order valence-corrected chi connectivity index (χ0v) is 11.2. The first-order valence-corrected chi connectivity index (χ1v) is 6.73. The Hall–Kier alpha value is -1.36. The number of nitrogens with one attached hydrogen (secondary N) is 2. The SMILES string of the molecule is CCCNc1nc(C2CC2)nc(NCCO)c1C. The van der Waals surface area contributed by atoms with Crippen LogP contribution in [0.5, 0.6) is 0 Å². The summed E-state index contributed by atoms with van der Waals surface area (Å²) < 4.78 is 0. The monoisotopic (exact) mass is 250 g/mol. The van der Waals surface area contributed by atoms with Crippen molar-refractivity contribution in [3.05, 3.63) is 11.4 Å². The Morgan fingerprint density at radius 1 is 1.17 bits per heavy atom. The lowest BCUT2D eigenvalue weighted by Crippen LogP contribution is -2.13. The molecule has 5 heteroatoms. The van der Waals surface area contributed by atoms with Crippen molar-refractivity contribution in [1.29, 1.82) is 0 Å². The molecule has 1 aromatic rings. The van der Waals surface area contributed by atoms with Crippen molar-refractivity contribution in [2.75, 3.05) is 30.3 Å². The summed E-state index contributed by atoms with van der Waals surface area (Å²) in [5, 5.41) is 15.4. The van der Waals surface area contributed by atoms with Crippen LogP contribution in [-0.2, 0) is 0 Å². The molecule has 5 nitrogen and oxygen atoms in total. The van der Waals surface area contributed by atoms with Gasteiger partial charge < -0.3 is 15.7 Å². The number of aromatic nitrogens is 2. The molecule has 0 radical (unpaired) electrons. The van der Waals surface area contributed by atoms with E-state index in [-0.39, 0.29) is 6.61 Å². The molecular formula is C13H22N4O. The van der Waals surface area contributed by atoms with Crippen molar-refractivity contribution < 1.29 is 5.11 Å². The lowest BCUT2D eigenvalue weighted by molar-refractivity contribution is 0.311. The van der Waals surface area contributed by atoms with Crippen molar-refractivity contribution in [2.45, 2.75) is 39.0 Å². The number of hydrogen-bond donors (Lipinski definition) is 3. The minimum absolute atomic E-state index is 0.111. The molecule has 1 saturated carbocycles. The summed E-state index contributed by atoms with van der Waals surface area (Å²) >= 11 is 0. The molecule has 0 saturated heterocycles. The maximum Gasteiger partial charge on any atom is 0.136 e. The van der Waals surface area contributed by atoms with Gasteiger partial charge in [0.2, 0.25) is 0 Å². The molecule has 0 unspecified atom stereocenters. The summed E-state index contributed by atoms with van der Waals surface area (Å²) in [6.07, 6.45) is 3.45. The minimum atomic E-state index is 0.111. The fourth-order valence-electron chi connectivity index (χ4n) is 1.82. The summed E-state index contributed by atoms with van der Waals surface area (Å²) in [5.74, 6) is 3.23. The summed E-state index contributed by atoms with van der Waals surface area (Å²) in [7, 11) is 0. The van der Waals surface area contributed by atoms with Crippen LogP contribution in [0.25, 0.3) is 0 Å². The van der Waals surface area contributed by atoms with E-state index in [0.29, 0.717) is 12.5 Å². The Bertz CT molecular complexity index is 375. The van der Waals surface area contributed by atoms with E-state index in [0.717, 1.165) is 36.0 Å². The highest BCUT2D eigenvalue weighted by Gasteiger charge is 2.28. The maximum atomic E-state index is 8.90. The molecule has 0 amide bonds. The number of rotatable bonds is 7. The molecule has 1 aromatic heterocycles. The molecular weight excluding hydrogens is 228 g/mol. The van der Waals surface area contributed by atoms with E-state index in [2.05, 4.69) is 27.5 Å². The second-order valence-electron chi connectivity index (χ2n) is 4.76. The van der Waals surface area contributed by atoms with Crippen molar-refractivity contribution >= 4 is 11.6 Å². The highest BCUT2D eigenvalue weighted by molar-refractivity contribution is 5.57. The molecule has 2 rings (SSSR count). The number of nitrogens with zero attached hydrogens (tertiary/aromatic N) is 2. The lowest BCUT2D eigenvalue weighted by Gasteiger charge is -2.14. The highest BCUT2D eigenvalue weighted by atomic mass is 16.3. The molecule has 1 heterocycles. The first kappa shape index (κ1) is 13.1. The van der Waals surface area contributed by atoms with E-state index in [9.17, 15) is 0 Å². The van der Waals surface area contributed by atoms with Crippen LogP contribution in [0.15, 0.2) is 0 Å². The Morgan fingerprint density at radius 3 is 2.28 bits per heavy atom. The van der Waals surface area contributed by atoms with Gasteiger partial charge in [-0.25, -0.2) is 9.97 Å². The molecule has 0 aromatic carbocycles. The second-order valence-corrected chi connectivity index (χ2v) is 4.76. The summed E-state index contributed by atoms with van der Waals surface area (Å²) in [6.45, 7) is 5.70. The van der Waals surface area contributed by atoms with Gasteiger partial charge in [0.15, 0.2) is 0 Å². The van der Waals surface area contributed by atoms with Crippen LogP contribution in [-0.4, -0.2) is 34.8 Å². The Balaban J connectivity index is 2.22. The molecule has 100 valence electrons. The van der Waals surface area contributed by atoms with Gasteiger partial charge in [0.1, 0.15) is 17.5 Å². The average Bonchev–Trinajstić information content (AvgIpc) is 3.20. The summed E-state index contributed by atoms with van der Waals surface area (Å²) in [5.41, 5.74) is 1.03. The zero-order valence-electron chi connectivity index (χ0n) is 11.2. The third-order valence-corrected chi connectivity index (χ3v) is 3.05. The second kappa shape index (κ2) is 6.00. The van der Waals surface area contributed by atoms with Crippen LogP contribution in [0.1, 0.15) is 43.5 Å². The standard InChI is InChI=1S/C13H22N4O/c1-3-6-14-11-9(2)12(15-7-8-18)17-13(16-11)10-4-5-10/h10,18H,3-8H2,1-2H3,(H2,14,15,16,17). The highest BCUT2D eigenvalue weighted by Crippen LogP contribution is 2.39. The van der Waals surface area contributed by atoms with Crippen LogP contribution < -0.4 is 10.6 Å². The maximum absolute atomic E-state index is 8.90. The van der Waals surface area contributed by atoms with Gasteiger partial charge in [-0.2, -0.15) is 0 Å². The summed E-state index contributed by atoms with van der Waals surface area (Å²) in [6, 6.07) is 0. The van der Waals surface area contributed by atoms with E-state index < -0.39 is 0 Å². The molecule has 0 atom stereocenters. The third kappa shape index (κ3) is 3.10. The van der Waals surface area contributed by atoms with Gasteiger partial charge >= 0.3 is 0 Å². The molecule has 1 aliphatic carbocycles. The summed E-state index contributed by atoms with van der Waals surface area (Å²) in [4.78, 5) is 9.18. The van der Waals surface area contributed by atoms with Crippen LogP contribution in [0.4, 0.5) is 11.6 Å². The molecule has 0 bridgehead atoms. The zero-order chi connectivity index (χ0) is 13.0. The molecule has 18 heavy (non-hydrogen) atoms. The normalized spacial score (nSPS) is 14.6. The quantitative estimate of drug-likeness (QED) is 0.689. The number of hydrogen-bond acceptors (Lipinski definition) is 5. The van der Waals surface area contributed by atoms with Gasteiger partial charge in [0.05, 0.1) is 6.61 Å². The fraction of sp³-hybridized carbons (Fsp3) is 0.692. The number of aliphatic hydroxyl groups is 1. The lowest BCUT2D eigenvalue weighted by atomic mass is 10.2. The van der Waals surface area contributed by atoms with Crippen LogP contribution >= 0.6 is 0 Å². The van der Waals surface area contributed by atoms with Gasteiger partial charge in [-0.05, 0) is 26.2 Å². The Kier molecular flexibility index (Phi) is 4.36. The third-order valence-electron chi connectivity index (χ3n) is 3.05. The largest absolute Gasteiger partial charge is 0.395 e. The molecule has 0 aliphatic heterocycles. The van der Waals surface area contributed by atoms with Crippen LogP contribution in [0.3, 0.4) is 0 Å². The van der Waals surface area contributed by atoms with E-state index in [4.69, 9.17) is 5.11 Å². The van der Waals surface area contributed by atoms with Gasteiger partial charge in [-0.15, -0.1) is 0 Å². The van der Waals surface area contributed by atoms with Gasteiger partial charge in [-0.3, -0.25) is 0 Å². The average molecular weight is 250 g/mol. The fourth-order valence-corrected chi connectivity index (χ4v) is 1.82. The molecule has 1 aliphatic rings. The molecule has 0 spiro atoms. The van der Waals surface area contributed by atoms with Crippen LogP contribution in [0, 0.1) is 6.92 Å². The Labute approximate surface area is 108 Å². The molecule has 3 N–H and O–H groups in total. The minimum Gasteiger partial charge on any atom is -0.395 e. The topological polar surface area (TPSA) is 70.1 Å². The van der Waals surface area contributed by atoms with Crippen molar-refractivity contribution in [2.24, 2.45) is 0 Å². The van der Waals surface area contributed by atoms with E-state index >= 15 is 0 Å². The van der Waals surface area contributed by atoms with Crippen molar-refractivity contribution in [1.82, 2.24) is 9.97 Å². The van der Waals surface area contributed by atoms with Crippen LogP contribution in [0.2, 0.25) is 0 Å². The smallest absolute Gasteiger partial charge is 0.136 e. The van der Waals surface area contributed by atoms with E-state index in [1.807, 2.05) is 6.92 Å². The van der Waals surface area contributed by atoms with Gasteiger partial charge in [0.25, 0.3) is 0 Å². The Morgan fingerprint density at radius 2 is 1.78 bits per heavy atom. The number of anilines is 2. The van der Waals surface area contributed by atoms with Crippen molar-refractivity contribution in [3.8, 4) is 0 Å². The van der Waals surface area contributed by atoms with Crippen molar-refractivity contribution in [3.63, 3.8) is 0 Å².